The van der Waals surface area contributed by atoms with Crippen LogP contribution in [0.5, 0.6) is 0 Å². The molecule has 2 heteroatoms. The van der Waals surface area contributed by atoms with E-state index in [9.17, 15) is 0 Å². The van der Waals surface area contributed by atoms with Crippen LogP contribution in [0.3, 0.4) is 0 Å². The lowest BCUT2D eigenvalue weighted by molar-refractivity contribution is 0.301. The van der Waals surface area contributed by atoms with Crippen molar-refractivity contribution in [2.75, 3.05) is 32.7 Å². The van der Waals surface area contributed by atoms with E-state index < -0.39 is 0 Å². The van der Waals surface area contributed by atoms with Crippen LogP contribution in [0.25, 0.3) is 10.8 Å². The summed E-state index contributed by atoms with van der Waals surface area (Å²) < 4.78 is 0. The maximum absolute atomic E-state index is 3.95. The molecule has 0 heterocycles. The molecule has 0 aliphatic heterocycles. The number of hydrogen-bond acceptors (Lipinski definition) is 2. The summed E-state index contributed by atoms with van der Waals surface area (Å²) in [6.45, 7) is 13.8. The third-order valence-corrected chi connectivity index (χ3v) is 4.60. The molecule has 0 spiro atoms. The standard InChI is InChI=1S/C21H30N2/c1-4-10-19(17-22-15-16-23(5-2)6-3)21-14-9-12-18-11-7-8-13-20(18)21/h4,7-9,11-14,19,22H,1,5-6,10,15-17H2,2-3H3. The third kappa shape index (κ3) is 4.92. The van der Waals surface area contributed by atoms with Crippen molar-refractivity contribution in [1.29, 1.82) is 0 Å². The number of fused-ring (bicyclic) bond motifs is 1. The van der Waals surface area contributed by atoms with Crippen LogP contribution in [0, 0.1) is 0 Å². The molecule has 0 aromatic heterocycles. The summed E-state index contributed by atoms with van der Waals surface area (Å²) in [5, 5.41) is 6.33. The largest absolute Gasteiger partial charge is 0.315 e. The van der Waals surface area contributed by atoms with Crippen LogP contribution in [-0.4, -0.2) is 37.6 Å². The SMILES string of the molecule is C=CCC(CNCCN(CC)CC)c1cccc2ccccc12. The lowest BCUT2D eigenvalue weighted by Crippen LogP contribution is -2.33. The smallest absolute Gasteiger partial charge is 0.0107 e. The van der Waals surface area contributed by atoms with E-state index in [0.717, 1.165) is 39.1 Å². The molecule has 1 atom stereocenters. The van der Waals surface area contributed by atoms with Crippen LogP contribution in [0.15, 0.2) is 55.1 Å². The van der Waals surface area contributed by atoms with Gasteiger partial charge in [-0.2, -0.15) is 0 Å². The van der Waals surface area contributed by atoms with Gasteiger partial charge >= 0.3 is 0 Å². The summed E-state index contributed by atoms with van der Waals surface area (Å²) in [4.78, 5) is 2.45. The molecule has 1 unspecified atom stereocenters. The van der Waals surface area contributed by atoms with Gasteiger partial charge in [0.05, 0.1) is 0 Å². The van der Waals surface area contributed by atoms with Gasteiger partial charge in [-0.15, -0.1) is 6.58 Å². The van der Waals surface area contributed by atoms with Crippen LogP contribution < -0.4 is 5.32 Å². The van der Waals surface area contributed by atoms with Crippen molar-refractivity contribution in [3.63, 3.8) is 0 Å². The maximum Gasteiger partial charge on any atom is 0.0107 e. The summed E-state index contributed by atoms with van der Waals surface area (Å²) >= 11 is 0. The number of benzene rings is 2. The zero-order valence-electron chi connectivity index (χ0n) is 14.6. The monoisotopic (exact) mass is 310 g/mol. The summed E-state index contributed by atoms with van der Waals surface area (Å²) in [5.74, 6) is 0.482. The zero-order valence-corrected chi connectivity index (χ0v) is 14.6. The van der Waals surface area contributed by atoms with Crippen LogP contribution in [0.1, 0.15) is 31.7 Å². The van der Waals surface area contributed by atoms with Gasteiger partial charge in [0.2, 0.25) is 0 Å². The Hall–Kier alpha value is -1.64. The van der Waals surface area contributed by atoms with Gasteiger partial charge in [-0.25, -0.2) is 0 Å². The van der Waals surface area contributed by atoms with Gasteiger partial charge in [0.1, 0.15) is 0 Å². The second kappa shape index (κ2) is 9.49. The summed E-state index contributed by atoms with van der Waals surface area (Å²) in [6, 6.07) is 15.3. The first-order valence-electron chi connectivity index (χ1n) is 8.81. The van der Waals surface area contributed by atoms with E-state index in [4.69, 9.17) is 0 Å². The molecule has 1 N–H and O–H groups in total. The van der Waals surface area contributed by atoms with Crippen molar-refractivity contribution in [3.05, 3.63) is 60.7 Å². The van der Waals surface area contributed by atoms with Gasteiger partial charge in [-0.3, -0.25) is 0 Å². The van der Waals surface area contributed by atoms with Crippen molar-refractivity contribution >= 4 is 10.8 Å². The van der Waals surface area contributed by atoms with E-state index in [1.807, 2.05) is 6.08 Å². The molecule has 23 heavy (non-hydrogen) atoms. The lowest BCUT2D eigenvalue weighted by atomic mass is 9.91. The van der Waals surface area contributed by atoms with E-state index in [1.54, 1.807) is 0 Å². The van der Waals surface area contributed by atoms with Crippen molar-refractivity contribution in [1.82, 2.24) is 10.2 Å². The second-order valence-corrected chi connectivity index (χ2v) is 6.02. The Kier molecular flexibility index (Phi) is 7.31. The Bertz CT molecular complexity index is 596. The predicted octanol–water partition coefficient (Wildman–Crippen LogP) is 4.43. The molecule has 2 nitrogen and oxygen atoms in total. The molecule has 2 aromatic rings. The highest BCUT2D eigenvalue weighted by Crippen LogP contribution is 2.27. The highest BCUT2D eigenvalue weighted by Gasteiger charge is 2.12. The van der Waals surface area contributed by atoms with E-state index >= 15 is 0 Å². The number of nitrogens with zero attached hydrogens (tertiary/aromatic N) is 1. The van der Waals surface area contributed by atoms with E-state index in [0.29, 0.717) is 5.92 Å². The average molecular weight is 310 g/mol. The summed E-state index contributed by atoms with van der Waals surface area (Å²) in [5.41, 5.74) is 1.43. The van der Waals surface area contributed by atoms with E-state index in [2.05, 4.69) is 73.1 Å². The number of hydrogen-bond donors (Lipinski definition) is 1. The first-order chi connectivity index (χ1) is 11.3. The fourth-order valence-electron chi connectivity index (χ4n) is 3.18. The van der Waals surface area contributed by atoms with Gasteiger partial charge < -0.3 is 10.2 Å². The summed E-state index contributed by atoms with van der Waals surface area (Å²) in [7, 11) is 0. The Morgan fingerprint density at radius 1 is 1.09 bits per heavy atom. The molecule has 0 amide bonds. The Balaban J connectivity index is 2.04. The van der Waals surface area contributed by atoms with Crippen LogP contribution in [0.2, 0.25) is 0 Å². The molecule has 0 saturated heterocycles. The maximum atomic E-state index is 3.95. The molecule has 0 aliphatic carbocycles. The molecule has 0 radical (unpaired) electrons. The fourth-order valence-corrected chi connectivity index (χ4v) is 3.18. The molecule has 2 aromatic carbocycles. The topological polar surface area (TPSA) is 15.3 Å². The molecule has 0 aliphatic rings. The van der Waals surface area contributed by atoms with Gasteiger partial charge in [0.25, 0.3) is 0 Å². The molecular weight excluding hydrogens is 280 g/mol. The fraction of sp³-hybridized carbons (Fsp3) is 0.429. The van der Waals surface area contributed by atoms with E-state index in [-0.39, 0.29) is 0 Å². The van der Waals surface area contributed by atoms with Crippen molar-refractivity contribution < 1.29 is 0 Å². The zero-order chi connectivity index (χ0) is 16.5. The Morgan fingerprint density at radius 3 is 2.57 bits per heavy atom. The highest BCUT2D eigenvalue weighted by atomic mass is 15.1. The minimum absolute atomic E-state index is 0.482. The Morgan fingerprint density at radius 2 is 1.83 bits per heavy atom. The van der Waals surface area contributed by atoms with Gasteiger partial charge in [0, 0.05) is 25.6 Å². The number of rotatable bonds is 10. The molecule has 0 bridgehead atoms. The molecular formula is C21H30N2. The first-order valence-corrected chi connectivity index (χ1v) is 8.81. The quantitative estimate of drug-likeness (QED) is 0.516. The molecule has 124 valence electrons. The van der Waals surface area contributed by atoms with Crippen molar-refractivity contribution in [2.45, 2.75) is 26.2 Å². The Labute approximate surface area is 141 Å². The normalized spacial score (nSPS) is 12.7. The van der Waals surface area contributed by atoms with Crippen LogP contribution in [0.4, 0.5) is 0 Å². The minimum Gasteiger partial charge on any atom is -0.315 e. The highest BCUT2D eigenvalue weighted by molar-refractivity contribution is 5.86. The summed E-state index contributed by atoms with van der Waals surface area (Å²) in [6.07, 6.45) is 3.05. The number of allylic oxidation sites excluding steroid dienone is 1. The predicted molar refractivity (Wildman–Crippen MR) is 102 cm³/mol. The molecule has 0 saturated carbocycles. The first kappa shape index (κ1) is 17.7. The van der Waals surface area contributed by atoms with Gasteiger partial charge in [-0.1, -0.05) is 62.4 Å². The minimum atomic E-state index is 0.482. The number of likely N-dealkylation sites (N-methyl/N-ethyl adjacent to an activating group) is 1. The molecule has 0 fully saturated rings. The van der Waals surface area contributed by atoms with Gasteiger partial charge in [0.15, 0.2) is 0 Å². The third-order valence-electron chi connectivity index (χ3n) is 4.60. The lowest BCUT2D eigenvalue weighted by Gasteiger charge is -2.21. The second-order valence-electron chi connectivity index (χ2n) is 6.02. The molecule has 2 rings (SSSR count). The van der Waals surface area contributed by atoms with Gasteiger partial charge in [-0.05, 0) is 35.8 Å². The number of nitrogens with one attached hydrogen (secondary N) is 1. The van der Waals surface area contributed by atoms with Crippen LogP contribution >= 0.6 is 0 Å². The van der Waals surface area contributed by atoms with E-state index in [1.165, 1.54) is 16.3 Å². The van der Waals surface area contributed by atoms with Crippen molar-refractivity contribution in [3.8, 4) is 0 Å². The average Bonchev–Trinajstić information content (AvgIpc) is 2.60. The van der Waals surface area contributed by atoms with Crippen LogP contribution in [-0.2, 0) is 0 Å². The van der Waals surface area contributed by atoms with Crippen molar-refractivity contribution in [2.24, 2.45) is 0 Å².